The van der Waals surface area contributed by atoms with Crippen molar-refractivity contribution in [2.75, 3.05) is 12.5 Å². The van der Waals surface area contributed by atoms with Crippen LogP contribution >= 0.6 is 15.9 Å². The predicted octanol–water partition coefficient (Wildman–Crippen LogP) is 3.87. The van der Waals surface area contributed by atoms with Gasteiger partial charge in [0.1, 0.15) is 12.2 Å². The van der Waals surface area contributed by atoms with Gasteiger partial charge in [0.2, 0.25) is 0 Å². The molecule has 0 bridgehead atoms. The minimum absolute atomic E-state index is 0.0845. The maximum atomic E-state index is 11.7. The zero-order chi connectivity index (χ0) is 22.5. The molecule has 0 saturated carbocycles. The van der Waals surface area contributed by atoms with Crippen molar-refractivity contribution in [2.45, 2.75) is 25.0 Å². The second kappa shape index (κ2) is 9.96. The number of benzene rings is 2. The van der Waals surface area contributed by atoms with Crippen LogP contribution in [0.1, 0.15) is 36.2 Å². The molecule has 12 heteroatoms. The van der Waals surface area contributed by atoms with Crippen LogP contribution in [0, 0.1) is 10.1 Å². The zero-order valence-corrected chi connectivity index (χ0v) is 19.3. The van der Waals surface area contributed by atoms with Gasteiger partial charge in [-0.15, -0.1) is 0 Å². The van der Waals surface area contributed by atoms with Gasteiger partial charge in [-0.05, 0) is 48.2 Å². The van der Waals surface area contributed by atoms with E-state index >= 15 is 0 Å². The highest BCUT2D eigenvalue weighted by atomic mass is 79.9. The number of hydrogen-bond donors (Lipinski definition) is 0. The van der Waals surface area contributed by atoms with Crippen LogP contribution in [0.5, 0.6) is 0 Å². The number of rotatable bonds is 10. The molecule has 0 spiro atoms. The average Bonchev–Trinajstić information content (AvgIpc) is 2.63. The predicted molar refractivity (Wildman–Crippen MR) is 114 cm³/mol. The lowest BCUT2D eigenvalue weighted by molar-refractivity contribution is -0.384. The smallest absolute Gasteiger partial charge is 0.262 e. The summed E-state index contributed by atoms with van der Waals surface area (Å²) >= 11 is 3.30. The van der Waals surface area contributed by atoms with Crippen LogP contribution in [0.3, 0.4) is 0 Å². The molecular formula is C18H20BrNO8S2. The van der Waals surface area contributed by atoms with Gasteiger partial charge in [0.05, 0.1) is 17.4 Å². The minimum atomic E-state index is -3.85. The molecule has 0 saturated heterocycles. The molecular weight excluding hydrogens is 502 g/mol. The number of nitro benzene ring substituents is 1. The van der Waals surface area contributed by atoms with E-state index in [0.717, 1.165) is 17.0 Å². The molecule has 0 aromatic heterocycles. The fraction of sp³-hybridized carbons (Fsp3) is 0.333. The first kappa shape index (κ1) is 24.4. The Bertz CT molecular complexity index is 1080. The summed E-state index contributed by atoms with van der Waals surface area (Å²) in [6.45, 7) is 0. The van der Waals surface area contributed by atoms with Crippen molar-refractivity contribution < 1.29 is 30.1 Å². The normalized spacial score (nSPS) is 14.2. The molecule has 0 N–H and O–H groups in total. The molecule has 0 amide bonds. The lowest BCUT2D eigenvalue weighted by Gasteiger charge is -2.21. The summed E-state index contributed by atoms with van der Waals surface area (Å²) in [5.41, 5.74) is 0.843. The van der Waals surface area contributed by atoms with Crippen LogP contribution in [0.15, 0.2) is 53.0 Å². The Hall–Kier alpha value is -1.86. The molecule has 2 aromatic rings. The van der Waals surface area contributed by atoms with Gasteiger partial charge in [0, 0.05) is 16.6 Å². The Balaban J connectivity index is 2.29. The molecule has 2 aromatic carbocycles. The Morgan fingerprint density at radius 3 is 1.53 bits per heavy atom. The van der Waals surface area contributed by atoms with Crippen LogP contribution < -0.4 is 0 Å². The summed E-state index contributed by atoms with van der Waals surface area (Å²) in [6.07, 6.45) is 0.191. The third-order valence-corrected chi connectivity index (χ3v) is 5.68. The summed E-state index contributed by atoms with van der Waals surface area (Å²) in [6, 6.07) is 12.1. The monoisotopic (exact) mass is 521 g/mol. The highest BCUT2D eigenvalue weighted by Crippen LogP contribution is 2.33. The van der Waals surface area contributed by atoms with E-state index in [1.807, 2.05) is 0 Å². The molecule has 0 aliphatic carbocycles. The topological polar surface area (TPSA) is 130 Å². The third-order valence-electron chi connectivity index (χ3n) is 3.99. The fourth-order valence-electron chi connectivity index (χ4n) is 2.75. The fourth-order valence-corrected chi connectivity index (χ4v) is 4.28. The van der Waals surface area contributed by atoms with Crippen molar-refractivity contribution in [2.24, 2.45) is 0 Å². The van der Waals surface area contributed by atoms with Crippen LogP contribution in [0.25, 0.3) is 0 Å². The molecule has 30 heavy (non-hydrogen) atoms. The van der Waals surface area contributed by atoms with Crippen LogP contribution in [0.2, 0.25) is 0 Å². The highest BCUT2D eigenvalue weighted by molar-refractivity contribution is 9.10. The Kier molecular flexibility index (Phi) is 8.11. The van der Waals surface area contributed by atoms with E-state index in [2.05, 4.69) is 15.9 Å². The van der Waals surface area contributed by atoms with E-state index in [9.17, 15) is 26.9 Å². The largest absolute Gasteiger partial charge is 0.269 e. The quantitative estimate of drug-likeness (QED) is 0.261. The Labute approximate surface area is 183 Å². The van der Waals surface area contributed by atoms with Crippen molar-refractivity contribution in [3.8, 4) is 0 Å². The Morgan fingerprint density at radius 1 is 0.833 bits per heavy atom. The summed E-state index contributed by atoms with van der Waals surface area (Å²) in [5.74, 6) is 0. The number of nitro groups is 1. The van der Waals surface area contributed by atoms with E-state index in [1.54, 1.807) is 24.3 Å². The highest BCUT2D eigenvalue weighted by Gasteiger charge is 2.24. The van der Waals surface area contributed by atoms with Crippen LogP contribution in [-0.2, 0) is 28.6 Å². The standard InChI is InChI=1S/C18H20BrNO8S2/c1-29(23,24)27-17(13-3-7-15(19)8-4-13)11-12-18(28-30(2,25)26)14-5-9-16(10-6-14)20(21)22/h3-10,17-18H,11-12H2,1-2H3/t17-,18-/m0/s1. The van der Waals surface area contributed by atoms with Crippen LogP contribution in [0.4, 0.5) is 5.69 Å². The molecule has 2 atom stereocenters. The van der Waals surface area contributed by atoms with E-state index in [0.29, 0.717) is 11.1 Å². The van der Waals surface area contributed by atoms with Crippen molar-refractivity contribution in [1.82, 2.24) is 0 Å². The van der Waals surface area contributed by atoms with Gasteiger partial charge < -0.3 is 0 Å². The summed E-state index contributed by atoms with van der Waals surface area (Å²) in [5, 5.41) is 10.8. The van der Waals surface area contributed by atoms with Gasteiger partial charge in [-0.1, -0.05) is 28.1 Å². The molecule has 0 aliphatic rings. The number of halogens is 1. The maximum absolute atomic E-state index is 11.7. The number of non-ortho nitro benzene ring substituents is 1. The molecule has 0 fully saturated rings. The molecule has 0 unspecified atom stereocenters. The van der Waals surface area contributed by atoms with Gasteiger partial charge in [-0.25, -0.2) is 0 Å². The lowest BCUT2D eigenvalue weighted by Crippen LogP contribution is -2.15. The molecule has 0 aliphatic heterocycles. The van der Waals surface area contributed by atoms with Crippen molar-refractivity contribution in [1.29, 1.82) is 0 Å². The van der Waals surface area contributed by atoms with Gasteiger partial charge in [-0.2, -0.15) is 16.8 Å². The first-order valence-corrected chi connectivity index (χ1v) is 13.0. The summed E-state index contributed by atoms with van der Waals surface area (Å²) in [7, 11) is -7.64. The van der Waals surface area contributed by atoms with Gasteiger partial charge >= 0.3 is 0 Å². The van der Waals surface area contributed by atoms with E-state index < -0.39 is 37.4 Å². The third kappa shape index (κ3) is 8.11. The molecule has 9 nitrogen and oxygen atoms in total. The molecule has 164 valence electrons. The second-order valence-corrected chi connectivity index (χ2v) is 10.7. The maximum Gasteiger partial charge on any atom is 0.269 e. The first-order chi connectivity index (χ1) is 13.8. The first-order valence-electron chi connectivity index (χ1n) is 8.60. The van der Waals surface area contributed by atoms with Gasteiger partial charge in [0.25, 0.3) is 25.9 Å². The lowest BCUT2D eigenvalue weighted by atomic mass is 9.99. The molecule has 2 rings (SSSR count). The van der Waals surface area contributed by atoms with Crippen LogP contribution in [-0.4, -0.2) is 34.3 Å². The Morgan fingerprint density at radius 2 is 1.20 bits per heavy atom. The van der Waals surface area contributed by atoms with Crippen molar-refractivity contribution in [3.05, 3.63) is 74.2 Å². The zero-order valence-electron chi connectivity index (χ0n) is 16.1. The van der Waals surface area contributed by atoms with Crippen molar-refractivity contribution in [3.63, 3.8) is 0 Å². The molecule has 0 heterocycles. The minimum Gasteiger partial charge on any atom is -0.262 e. The van der Waals surface area contributed by atoms with E-state index in [1.165, 1.54) is 24.3 Å². The SMILES string of the molecule is CS(=O)(=O)O[C@@H](CC[C@H](OS(C)(=O)=O)c1ccc([N+](=O)[O-])cc1)c1ccc(Br)cc1. The van der Waals surface area contributed by atoms with E-state index in [-0.39, 0.29) is 18.5 Å². The summed E-state index contributed by atoms with van der Waals surface area (Å²) in [4.78, 5) is 10.3. The number of hydrogen-bond acceptors (Lipinski definition) is 8. The summed E-state index contributed by atoms with van der Waals surface area (Å²) < 4.78 is 58.0. The second-order valence-electron chi connectivity index (χ2n) is 6.56. The van der Waals surface area contributed by atoms with E-state index in [4.69, 9.17) is 8.37 Å². The number of nitrogens with zero attached hydrogens (tertiary/aromatic N) is 1. The molecule has 0 radical (unpaired) electrons. The van der Waals surface area contributed by atoms with Gasteiger partial charge in [0.15, 0.2) is 0 Å². The van der Waals surface area contributed by atoms with Gasteiger partial charge in [-0.3, -0.25) is 18.5 Å². The average molecular weight is 522 g/mol. The van der Waals surface area contributed by atoms with Crippen molar-refractivity contribution >= 4 is 41.9 Å².